The van der Waals surface area contributed by atoms with Gasteiger partial charge in [0.05, 0.1) is 18.5 Å². The molecule has 0 aliphatic carbocycles. The van der Waals surface area contributed by atoms with Gasteiger partial charge < -0.3 is 10.1 Å². The molecule has 0 saturated heterocycles. The summed E-state index contributed by atoms with van der Waals surface area (Å²) < 4.78 is 7.36. The highest BCUT2D eigenvalue weighted by atomic mass is 32.1. The lowest BCUT2D eigenvalue weighted by atomic mass is 10.2. The predicted octanol–water partition coefficient (Wildman–Crippen LogP) is 3.31. The van der Waals surface area contributed by atoms with Gasteiger partial charge in [-0.25, -0.2) is 4.98 Å². The number of hydrogen-bond acceptors (Lipinski definition) is 4. The molecule has 2 aromatic heterocycles. The van der Waals surface area contributed by atoms with E-state index in [0.717, 1.165) is 29.5 Å². The number of ether oxygens (including phenoxy) is 1. The second kappa shape index (κ2) is 5.87. The first kappa shape index (κ1) is 14.1. The van der Waals surface area contributed by atoms with Crippen LogP contribution in [0.2, 0.25) is 0 Å². The Hall–Kier alpha value is -1.85. The van der Waals surface area contributed by atoms with E-state index in [0.29, 0.717) is 0 Å². The van der Waals surface area contributed by atoms with Crippen LogP contribution in [0.25, 0.3) is 4.96 Å². The first-order valence-corrected chi connectivity index (χ1v) is 7.76. The molecule has 0 atom stereocenters. The summed E-state index contributed by atoms with van der Waals surface area (Å²) in [4.78, 5) is 6.97. The largest absolute Gasteiger partial charge is 0.497 e. The summed E-state index contributed by atoms with van der Waals surface area (Å²) in [6, 6.07) is 8.14. The van der Waals surface area contributed by atoms with Crippen molar-refractivity contribution in [2.24, 2.45) is 0 Å². The maximum atomic E-state index is 5.17. The molecule has 0 spiro atoms. The molecule has 21 heavy (non-hydrogen) atoms. The number of aromatic nitrogens is 2. The van der Waals surface area contributed by atoms with E-state index >= 15 is 0 Å². The summed E-state index contributed by atoms with van der Waals surface area (Å²) in [7, 11) is 1.68. The van der Waals surface area contributed by atoms with Crippen molar-refractivity contribution in [2.75, 3.05) is 7.11 Å². The van der Waals surface area contributed by atoms with Crippen molar-refractivity contribution in [3.05, 3.63) is 52.3 Å². The van der Waals surface area contributed by atoms with Crippen molar-refractivity contribution < 1.29 is 4.74 Å². The van der Waals surface area contributed by atoms with Crippen molar-refractivity contribution in [1.29, 1.82) is 0 Å². The zero-order valence-corrected chi connectivity index (χ0v) is 13.3. The molecule has 3 aromatic rings. The lowest BCUT2D eigenvalue weighted by molar-refractivity contribution is 0.414. The highest BCUT2D eigenvalue weighted by Gasteiger charge is 2.10. The molecule has 0 aliphatic heterocycles. The van der Waals surface area contributed by atoms with Crippen LogP contribution in [0, 0.1) is 13.8 Å². The number of thiazole rings is 1. The number of aryl methyl sites for hydroxylation is 2. The van der Waals surface area contributed by atoms with Gasteiger partial charge in [-0.05, 0) is 31.5 Å². The summed E-state index contributed by atoms with van der Waals surface area (Å²) in [5.41, 5.74) is 3.59. The highest BCUT2D eigenvalue weighted by molar-refractivity contribution is 7.17. The molecule has 0 fully saturated rings. The molecule has 5 heteroatoms. The molecule has 0 radical (unpaired) electrons. The van der Waals surface area contributed by atoms with Crippen LogP contribution >= 0.6 is 11.3 Å². The zero-order chi connectivity index (χ0) is 14.8. The number of nitrogens with one attached hydrogen (secondary N) is 1. The van der Waals surface area contributed by atoms with Gasteiger partial charge in [-0.1, -0.05) is 12.1 Å². The SMILES string of the molecule is COc1ccc(CNCc2c(C)nc3sc(C)cn23)cc1. The van der Waals surface area contributed by atoms with E-state index in [-0.39, 0.29) is 0 Å². The molecule has 4 nitrogen and oxygen atoms in total. The smallest absolute Gasteiger partial charge is 0.194 e. The summed E-state index contributed by atoms with van der Waals surface area (Å²) in [6.07, 6.45) is 2.16. The highest BCUT2D eigenvalue weighted by Crippen LogP contribution is 2.20. The van der Waals surface area contributed by atoms with Crippen LogP contribution < -0.4 is 10.1 Å². The summed E-state index contributed by atoms with van der Waals surface area (Å²) in [6.45, 7) is 5.83. The van der Waals surface area contributed by atoms with Gasteiger partial charge in [0.15, 0.2) is 4.96 Å². The van der Waals surface area contributed by atoms with Gasteiger partial charge in [-0.2, -0.15) is 0 Å². The Balaban J connectivity index is 1.67. The third-order valence-corrected chi connectivity index (χ3v) is 4.42. The number of imidazole rings is 1. The molecule has 0 amide bonds. The third-order valence-electron chi connectivity index (χ3n) is 3.52. The van der Waals surface area contributed by atoms with Crippen molar-refractivity contribution in [3.8, 4) is 5.75 Å². The molecule has 2 heterocycles. The number of nitrogens with zero attached hydrogens (tertiary/aromatic N) is 2. The van der Waals surface area contributed by atoms with E-state index < -0.39 is 0 Å². The number of fused-ring (bicyclic) bond motifs is 1. The Bertz CT molecular complexity index is 743. The Morgan fingerprint density at radius 2 is 1.95 bits per heavy atom. The van der Waals surface area contributed by atoms with Crippen LogP contribution in [0.1, 0.15) is 21.8 Å². The first-order valence-electron chi connectivity index (χ1n) is 6.95. The average Bonchev–Trinajstić information content (AvgIpc) is 2.96. The van der Waals surface area contributed by atoms with Crippen LogP contribution in [-0.4, -0.2) is 16.5 Å². The Labute approximate surface area is 128 Å². The predicted molar refractivity (Wildman–Crippen MR) is 86.1 cm³/mol. The standard InChI is InChI=1S/C16H19N3OS/c1-11-10-19-15(12(2)18-16(19)21-11)9-17-8-13-4-6-14(20-3)7-5-13/h4-7,10,17H,8-9H2,1-3H3. The van der Waals surface area contributed by atoms with Gasteiger partial charge in [0.1, 0.15) is 5.75 Å². The van der Waals surface area contributed by atoms with Gasteiger partial charge in [0, 0.05) is 24.2 Å². The Morgan fingerprint density at radius 3 is 2.67 bits per heavy atom. The van der Waals surface area contributed by atoms with Gasteiger partial charge in [-0.15, -0.1) is 11.3 Å². The maximum absolute atomic E-state index is 5.17. The number of rotatable bonds is 5. The molecular weight excluding hydrogens is 282 g/mol. The van der Waals surface area contributed by atoms with Crippen molar-refractivity contribution in [3.63, 3.8) is 0 Å². The van der Waals surface area contributed by atoms with Crippen LogP contribution in [0.3, 0.4) is 0 Å². The van der Waals surface area contributed by atoms with E-state index in [1.54, 1.807) is 18.4 Å². The van der Waals surface area contributed by atoms with Crippen molar-refractivity contribution in [2.45, 2.75) is 26.9 Å². The van der Waals surface area contributed by atoms with E-state index in [9.17, 15) is 0 Å². The minimum Gasteiger partial charge on any atom is -0.497 e. The molecule has 0 unspecified atom stereocenters. The normalized spacial score (nSPS) is 11.2. The van der Waals surface area contributed by atoms with Gasteiger partial charge in [0.25, 0.3) is 0 Å². The molecule has 0 saturated carbocycles. The van der Waals surface area contributed by atoms with E-state index in [1.807, 2.05) is 12.1 Å². The molecule has 110 valence electrons. The third kappa shape index (κ3) is 2.94. The second-order valence-electron chi connectivity index (χ2n) is 5.09. The van der Waals surface area contributed by atoms with Crippen molar-refractivity contribution >= 4 is 16.3 Å². The van der Waals surface area contributed by atoms with E-state index in [1.165, 1.54) is 16.1 Å². The average molecular weight is 301 g/mol. The van der Waals surface area contributed by atoms with Crippen LogP contribution in [0.4, 0.5) is 0 Å². The molecule has 1 N–H and O–H groups in total. The fraction of sp³-hybridized carbons (Fsp3) is 0.312. The Kier molecular flexibility index (Phi) is 3.94. The molecule has 1 aromatic carbocycles. The fourth-order valence-corrected chi connectivity index (χ4v) is 3.28. The van der Waals surface area contributed by atoms with Gasteiger partial charge in [0.2, 0.25) is 0 Å². The minimum absolute atomic E-state index is 0.815. The summed E-state index contributed by atoms with van der Waals surface area (Å²) >= 11 is 1.73. The molecule has 0 aliphatic rings. The topological polar surface area (TPSA) is 38.6 Å². The monoisotopic (exact) mass is 301 g/mol. The van der Waals surface area contributed by atoms with Gasteiger partial charge in [-0.3, -0.25) is 4.40 Å². The van der Waals surface area contributed by atoms with Crippen molar-refractivity contribution in [1.82, 2.24) is 14.7 Å². The number of methoxy groups -OCH3 is 1. The Morgan fingerprint density at radius 1 is 1.19 bits per heavy atom. The van der Waals surface area contributed by atoms with Crippen LogP contribution in [0.15, 0.2) is 30.5 Å². The lowest BCUT2D eigenvalue weighted by Crippen LogP contribution is -2.14. The lowest BCUT2D eigenvalue weighted by Gasteiger charge is -2.06. The number of hydrogen-bond donors (Lipinski definition) is 1. The molecule has 0 bridgehead atoms. The minimum atomic E-state index is 0.815. The van der Waals surface area contributed by atoms with Crippen LogP contribution in [-0.2, 0) is 13.1 Å². The summed E-state index contributed by atoms with van der Waals surface area (Å²) in [5, 5.41) is 3.49. The molecule has 3 rings (SSSR count). The maximum Gasteiger partial charge on any atom is 0.194 e. The zero-order valence-electron chi connectivity index (χ0n) is 12.5. The molecular formula is C16H19N3OS. The first-order chi connectivity index (χ1) is 10.2. The van der Waals surface area contributed by atoms with E-state index in [4.69, 9.17) is 4.74 Å². The van der Waals surface area contributed by atoms with E-state index in [2.05, 4.69) is 46.9 Å². The quantitative estimate of drug-likeness (QED) is 0.786. The second-order valence-corrected chi connectivity index (χ2v) is 6.30. The number of benzene rings is 1. The fourth-order valence-electron chi connectivity index (χ4n) is 2.39. The van der Waals surface area contributed by atoms with Gasteiger partial charge >= 0.3 is 0 Å². The summed E-state index contributed by atoms with van der Waals surface area (Å²) in [5.74, 6) is 0.890. The van der Waals surface area contributed by atoms with Crippen LogP contribution in [0.5, 0.6) is 5.75 Å².